The molecule has 0 unspecified atom stereocenters. The zero-order valence-electron chi connectivity index (χ0n) is 14.0. The van der Waals surface area contributed by atoms with Gasteiger partial charge in [0, 0.05) is 20.0 Å². The number of nitrogens with one attached hydrogen (secondary N) is 1. The van der Waals surface area contributed by atoms with E-state index in [1.165, 1.54) is 23.5 Å². The molecule has 1 N–H and O–H groups in total. The van der Waals surface area contributed by atoms with E-state index < -0.39 is 10.0 Å². The summed E-state index contributed by atoms with van der Waals surface area (Å²) in [6.07, 6.45) is 0.697. The highest BCUT2D eigenvalue weighted by molar-refractivity contribution is 7.92. The van der Waals surface area contributed by atoms with Gasteiger partial charge in [-0.15, -0.1) is 0 Å². The van der Waals surface area contributed by atoms with Crippen molar-refractivity contribution in [2.24, 2.45) is 0 Å². The number of anilines is 1. The monoisotopic (exact) mass is 364 g/mol. The molecule has 0 aliphatic heterocycles. The third-order valence-corrected chi connectivity index (χ3v) is 5.54. The van der Waals surface area contributed by atoms with Gasteiger partial charge in [-0.2, -0.15) is 0 Å². The lowest BCUT2D eigenvalue weighted by atomic mass is 10.1. The summed E-state index contributed by atoms with van der Waals surface area (Å²) in [4.78, 5) is 11.8. The number of hydrogen-bond donors (Lipinski definition) is 1. The molecule has 0 bridgehead atoms. The number of rotatable bonds is 8. The average Bonchev–Trinajstić information content (AvgIpc) is 2.61. The van der Waals surface area contributed by atoms with Gasteiger partial charge in [-0.05, 0) is 36.2 Å². The SMILES string of the molecule is CN(c1ccccc1)S(=O)(=O)CCNC(=O)CCc1ccc(F)cc1. The zero-order valence-corrected chi connectivity index (χ0v) is 14.8. The van der Waals surface area contributed by atoms with Crippen molar-refractivity contribution in [1.29, 1.82) is 0 Å². The number of amides is 1. The molecule has 0 radical (unpaired) electrons. The number of carbonyl (C=O) groups is 1. The molecule has 0 atom stereocenters. The van der Waals surface area contributed by atoms with Gasteiger partial charge in [-0.1, -0.05) is 30.3 Å². The predicted molar refractivity (Wildman–Crippen MR) is 96.4 cm³/mol. The first kappa shape index (κ1) is 18.9. The van der Waals surface area contributed by atoms with Crippen LogP contribution in [0.5, 0.6) is 0 Å². The van der Waals surface area contributed by atoms with Gasteiger partial charge in [-0.25, -0.2) is 12.8 Å². The number of nitrogens with zero attached hydrogens (tertiary/aromatic N) is 1. The Labute approximate surface area is 147 Å². The first-order chi connectivity index (χ1) is 11.9. The van der Waals surface area contributed by atoms with Crippen molar-refractivity contribution in [2.45, 2.75) is 12.8 Å². The van der Waals surface area contributed by atoms with Crippen molar-refractivity contribution in [3.63, 3.8) is 0 Å². The molecule has 2 aromatic carbocycles. The van der Waals surface area contributed by atoms with Gasteiger partial charge in [0.05, 0.1) is 11.4 Å². The zero-order chi connectivity index (χ0) is 18.3. The third-order valence-electron chi connectivity index (χ3n) is 3.77. The van der Waals surface area contributed by atoms with E-state index in [1.54, 1.807) is 36.4 Å². The fourth-order valence-corrected chi connectivity index (χ4v) is 3.33. The van der Waals surface area contributed by atoms with E-state index in [0.29, 0.717) is 12.1 Å². The van der Waals surface area contributed by atoms with E-state index >= 15 is 0 Å². The molecule has 134 valence electrons. The maximum atomic E-state index is 12.8. The van der Waals surface area contributed by atoms with Gasteiger partial charge >= 0.3 is 0 Å². The smallest absolute Gasteiger partial charge is 0.236 e. The van der Waals surface area contributed by atoms with Crippen molar-refractivity contribution in [3.8, 4) is 0 Å². The summed E-state index contributed by atoms with van der Waals surface area (Å²) < 4.78 is 38.5. The van der Waals surface area contributed by atoms with E-state index in [9.17, 15) is 17.6 Å². The van der Waals surface area contributed by atoms with Crippen LogP contribution in [0.3, 0.4) is 0 Å². The molecule has 2 aromatic rings. The third kappa shape index (κ3) is 5.86. The Balaban J connectivity index is 1.77. The fourth-order valence-electron chi connectivity index (χ4n) is 2.25. The molecule has 7 heteroatoms. The number of carbonyl (C=O) groups excluding carboxylic acids is 1. The van der Waals surface area contributed by atoms with E-state index in [2.05, 4.69) is 5.32 Å². The fraction of sp³-hybridized carbons (Fsp3) is 0.278. The Bertz CT molecular complexity index is 793. The van der Waals surface area contributed by atoms with Crippen LogP contribution in [0.2, 0.25) is 0 Å². The van der Waals surface area contributed by atoms with Crippen LogP contribution in [0, 0.1) is 5.82 Å². The summed E-state index contributed by atoms with van der Waals surface area (Å²) in [5, 5.41) is 2.61. The molecular formula is C18H21FN2O3S. The number of benzene rings is 2. The molecule has 2 rings (SSSR count). The summed E-state index contributed by atoms with van der Waals surface area (Å²) in [5.41, 5.74) is 1.43. The molecular weight excluding hydrogens is 343 g/mol. The van der Waals surface area contributed by atoms with Crippen molar-refractivity contribution < 1.29 is 17.6 Å². The van der Waals surface area contributed by atoms with Crippen LogP contribution in [0.25, 0.3) is 0 Å². The lowest BCUT2D eigenvalue weighted by Crippen LogP contribution is -2.35. The summed E-state index contributed by atoms with van der Waals surface area (Å²) in [6, 6.07) is 14.7. The Morgan fingerprint density at radius 2 is 1.72 bits per heavy atom. The van der Waals surface area contributed by atoms with Gasteiger partial charge in [0.15, 0.2) is 0 Å². The van der Waals surface area contributed by atoms with Crippen molar-refractivity contribution in [1.82, 2.24) is 5.32 Å². The van der Waals surface area contributed by atoms with Gasteiger partial charge in [-0.3, -0.25) is 9.10 Å². The van der Waals surface area contributed by atoms with E-state index in [-0.39, 0.29) is 30.4 Å². The van der Waals surface area contributed by atoms with Gasteiger partial charge in [0.2, 0.25) is 15.9 Å². The van der Waals surface area contributed by atoms with E-state index in [1.807, 2.05) is 6.07 Å². The van der Waals surface area contributed by atoms with Gasteiger partial charge < -0.3 is 5.32 Å². The Kier molecular flexibility index (Phi) is 6.52. The molecule has 0 fully saturated rings. The second-order valence-corrected chi connectivity index (χ2v) is 7.72. The minimum atomic E-state index is -3.50. The first-order valence-electron chi connectivity index (χ1n) is 7.91. The minimum Gasteiger partial charge on any atom is -0.355 e. The Morgan fingerprint density at radius 3 is 2.36 bits per heavy atom. The molecule has 0 saturated carbocycles. The topological polar surface area (TPSA) is 66.5 Å². The van der Waals surface area contributed by atoms with Gasteiger partial charge in [0.1, 0.15) is 5.82 Å². The number of para-hydroxylation sites is 1. The standard InChI is InChI=1S/C18H21FN2O3S/c1-21(17-5-3-2-4-6-17)25(23,24)14-13-20-18(22)12-9-15-7-10-16(19)11-8-15/h2-8,10-11H,9,12-14H2,1H3,(H,20,22). The molecule has 0 saturated heterocycles. The number of halogens is 1. The molecule has 25 heavy (non-hydrogen) atoms. The van der Waals surface area contributed by atoms with Crippen LogP contribution in [-0.4, -0.2) is 33.7 Å². The van der Waals surface area contributed by atoms with Crippen LogP contribution < -0.4 is 9.62 Å². The summed E-state index contributed by atoms with van der Waals surface area (Å²) in [5.74, 6) is -0.733. The molecule has 0 heterocycles. The van der Waals surface area contributed by atoms with Crippen molar-refractivity contribution in [3.05, 3.63) is 66.0 Å². The van der Waals surface area contributed by atoms with Crippen LogP contribution >= 0.6 is 0 Å². The maximum absolute atomic E-state index is 12.8. The highest BCUT2D eigenvalue weighted by Crippen LogP contribution is 2.15. The van der Waals surface area contributed by atoms with E-state index in [0.717, 1.165) is 5.56 Å². The second kappa shape index (κ2) is 8.62. The normalized spacial score (nSPS) is 11.1. The predicted octanol–water partition coefficient (Wildman–Crippen LogP) is 2.34. The number of hydrogen-bond acceptors (Lipinski definition) is 3. The van der Waals surface area contributed by atoms with Crippen molar-refractivity contribution in [2.75, 3.05) is 23.7 Å². The van der Waals surface area contributed by atoms with Crippen LogP contribution in [0.15, 0.2) is 54.6 Å². The van der Waals surface area contributed by atoms with Crippen LogP contribution in [0.4, 0.5) is 10.1 Å². The second-order valence-electron chi connectivity index (χ2n) is 5.60. The highest BCUT2D eigenvalue weighted by atomic mass is 32.2. The molecule has 1 amide bonds. The average molecular weight is 364 g/mol. The van der Waals surface area contributed by atoms with E-state index in [4.69, 9.17) is 0 Å². The first-order valence-corrected chi connectivity index (χ1v) is 9.52. The lowest BCUT2D eigenvalue weighted by Gasteiger charge is -2.19. The minimum absolute atomic E-state index is 0.0434. The van der Waals surface area contributed by atoms with Crippen LogP contribution in [-0.2, 0) is 21.2 Å². The van der Waals surface area contributed by atoms with Crippen molar-refractivity contribution >= 4 is 21.6 Å². The maximum Gasteiger partial charge on any atom is 0.236 e. The molecule has 0 spiro atoms. The number of aryl methyl sites for hydroxylation is 1. The molecule has 5 nitrogen and oxygen atoms in total. The number of sulfonamides is 1. The quantitative estimate of drug-likeness (QED) is 0.782. The summed E-state index contributed by atoms with van der Waals surface area (Å²) in [6.45, 7) is 0.0434. The van der Waals surface area contributed by atoms with Crippen LogP contribution in [0.1, 0.15) is 12.0 Å². The molecule has 0 aromatic heterocycles. The lowest BCUT2D eigenvalue weighted by molar-refractivity contribution is -0.120. The highest BCUT2D eigenvalue weighted by Gasteiger charge is 2.18. The summed E-state index contributed by atoms with van der Waals surface area (Å²) in [7, 11) is -2.02. The van der Waals surface area contributed by atoms with Gasteiger partial charge in [0.25, 0.3) is 0 Å². The molecule has 0 aliphatic carbocycles. The Hall–Kier alpha value is -2.41. The largest absolute Gasteiger partial charge is 0.355 e. The summed E-state index contributed by atoms with van der Waals surface area (Å²) >= 11 is 0. The molecule has 0 aliphatic rings. The Morgan fingerprint density at radius 1 is 1.08 bits per heavy atom.